The zero-order chi connectivity index (χ0) is 83.1. The molecule has 10 heteroatoms. The van der Waals surface area contributed by atoms with E-state index in [4.69, 9.17) is 38.2 Å². The molecule has 0 saturated carbocycles. The van der Waals surface area contributed by atoms with Gasteiger partial charge in [0.15, 0.2) is 17.5 Å². The predicted molar refractivity (Wildman–Crippen MR) is 525 cm³/mol. The van der Waals surface area contributed by atoms with Crippen molar-refractivity contribution in [2.75, 3.05) is 0 Å². The Bertz CT molecular complexity index is 8910. The molecular formula is C116H70N6O3S. The standard InChI is InChI=1S/C40H24N4O.C32H20O.C25H15NO.C19H11NS/c1-3-11-26(12-4-1)38-42-39(27-13-5-2-6-14-27)44-40(43-38)28-21-19-25(20-22-28)31-23-35-37(30-16-8-10-18-34(30)45-35)36-29-15-7-9-17-33(29)41-24-32(31)36;1-3-10-21(11-4-1)23-15-9-16-24-28(23)20-27(22-12-5-2-6-13-22)25-18-19-30-32(31(24)25)26-14-7-8-17-29(26)33-30;1-2-8-16(9-3-1)25-19-14-15-22-24(18-11-5-7-13-21(18)27-22)23(19)17-10-4-6-12-20(17)26-25;1-3-7-15-13(5-1)18-12(11-20-15)9-10-17-19(18)14-6-2-4-8-16(14)21-17/h1-24H;1-20H;1-15H;1-11H. The van der Waals surface area contributed by atoms with Crippen LogP contribution in [0, 0.1) is 0 Å². The van der Waals surface area contributed by atoms with E-state index in [-0.39, 0.29) is 0 Å². The highest BCUT2D eigenvalue weighted by atomic mass is 32.1. The van der Waals surface area contributed by atoms with Crippen molar-refractivity contribution in [3.8, 4) is 78.8 Å². The number of hydrogen-bond donors (Lipinski definition) is 0. The average molecular weight is 1630 g/mol. The molecule has 0 aliphatic heterocycles. The van der Waals surface area contributed by atoms with Gasteiger partial charge in [-0.25, -0.2) is 19.9 Å². The second kappa shape index (κ2) is 30.8. The third-order valence-electron chi connectivity index (χ3n) is 24.4. The summed E-state index contributed by atoms with van der Waals surface area (Å²) < 4.78 is 21.5. The lowest BCUT2D eigenvalue weighted by molar-refractivity contribution is 0.669. The highest BCUT2D eigenvalue weighted by Gasteiger charge is 2.24. The molecular weight excluding hydrogens is 1560 g/mol. The van der Waals surface area contributed by atoms with Gasteiger partial charge in [-0.1, -0.05) is 328 Å². The zero-order valence-electron chi connectivity index (χ0n) is 67.7. The summed E-state index contributed by atoms with van der Waals surface area (Å²) in [6.07, 6.45) is 3.98. The second-order valence-corrected chi connectivity index (χ2v) is 32.8. The molecule has 8 heterocycles. The Morgan fingerprint density at radius 1 is 0.183 bits per heavy atom. The fourth-order valence-electron chi connectivity index (χ4n) is 18.7. The van der Waals surface area contributed by atoms with Crippen LogP contribution in [-0.2, 0) is 0 Å². The van der Waals surface area contributed by atoms with Gasteiger partial charge in [-0.3, -0.25) is 9.97 Å². The number of nitrogens with zero attached hydrogens (tertiary/aromatic N) is 6. The van der Waals surface area contributed by atoms with Gasteiger partial charge < -0.3 is 13.3 Å². The van der Waals surface area contributed by atoms with Crippen molar-refractivity contribution >= 4 is 184 Å². The molecule has 0 fully saturated rings. The molecule has 9 nitrogen and oxygen atoms in total. The van der Waals surface area contributed by atoms with Crippen molar-refractivity contribution in [3.63, 3.8) is 0 Å². The maximum atomic E-state index is 6.43. The van der Waals surface area contributed by atoms with E-state index < -0.39 is 0 Å². The van der Waals surface area contributed by atoms with Crippen LogP contribution in [0.15, 0.2) is 438 Å². The summed E-state index contributed by atoms with van der Waals surface area (Å²) in [6.45, 7) is 0. The van der Waals surface area contributed by atoms with Crippen LogP contribution in [0.25, 0.3) is 251 Å². The third-order valence-corrected chi connectivity index (χ3v) is 25.5. The van der Waals surface area contributed by atoms with E-state index >= 15 is 0 Å². The Labute approximate surface area is 725 Å². The highest BCUT2D eigenvalue weighted by Crippen LogP contribution is 2.49. The van der Waals surface area contributed by atoms with Crippen molar-refractivity contribution in [1.29, 1.82) is 0 Å². The summed E-state index contributed by atoms with van der Waals surface area (Å²) in [5.74, 6) is 1.91. The summed E-state index contributed by atoms with van der Waals surface area (Å²) in [5.41, 5.74) is 20.4. The first-order valence-corrected chi connectivity index (χ1v) is 43.1. The Morgan fingerprint density at radius 2 is 0.579 bits per heavy atom. The monoisotopic (exact) mass is 1630 g/mol. The first kappa shape index (κ1) is 73.3. The topological polar surface area (TPSA) is 117 Å². The number of hydrogen-bond acceptors (Lipinski definition) is 10. The molecule has 0 spiro atoms. The maximum absolute atomic E-state index is 6.43. The van der Waals surface area contributed by atoms with Gasteiger partial charge in [0.1, 0.15) is 33.5 Å². The van der Waals surface area contributed by atoms with Crippen LogP contribution in [0.2, 0.25) is 0 Å². The molecule has 0 aliphatic carbocycles. The van der Waals surface area contributed by atoms with Crippen molar-refractivity contribution in [2.24, 2.45) is 0 Å². The minimum absolute atomic E-state index is 0.625. The molecule has 0 unspecified atom stereocenters. The van der Waals surface area contributed by atoms with E-state index in [1.54, 1.807) is 0 Å². The lowest BCUT2D eigenvalue weighted by Crippen LogP contribution is -2.00. The first-order chi connectivity index (χ1) is 62.5. The predicted octanol–water partition coefficient (Wildman–Crippen LogP) is 32.1. The van der Waals surface area contributed by atoms with Gasteiger partial charge in [0.05, 0.1) is 22.2 Å². The summed E-state index contributed by atoms with van der Waals surface area (Å²) in [5, 5.41) is 25.3. The summed E-state index contributed by atoms with van der Waals surface area (Å²) in [4.78, 5) is 29.1. The lowest BCUT2D eigenvalue weighted by atomic mass is 9.88. The Balaban J connectivity index is 0.0000000974. The van der Waals surface area contributed by atoms with Crippen LogP contribution in [0.1, 0.15) is 0 Å². The van der Waals surface area contributed by atoms with E-state index in [1.807, 2.05) is 139 Å². The number of benzene rings is 19. The fourth-order valence-corrected chi connectivity index (χ4v) is 19.8. The molecule has 8 aromatic heterocycles. The van der Waals surface area contributed by atoms with E-state index in [0.29, 0.717) is 17.5 Å². The van der Waals surface area contributed by atoms with Gasteiger partial charge in [0.25, 0.3) is 0 Å². The molecule has 0 bridgehead atoms. The minimum atomic E-state index is 0.625. The summed E-state index contributed by atoms with van der Waals surface area (Å²) in [6, 6.07) is 143. The number of pyridine rings is 3. The Hall–Kier alpha value is -16.7. The molecule has 0 radical (unpaired) electrons. The van der Waals surface area contributed by atoms with Crippen molar-refractivity contribution < 1.29 is 13.3 Å². The van der Waals surface area contributed by atoms with Gasteiger partial charge in [0, 0.05) is 141 Å². The van der Waals surface area contributed by atoms with E-state index in [0.717, 1.165) is 138 Å². The van der Waals surface area contributed by atoms with Crippen LogP contribution in [0.4, 0.5) is 0 Å². The van der Waals surface area contributed by atoms with Gasteiger partial charge in [-0.2, -0.15) is 0 Å². The molecule has 0 saturated heterocycles. The molecule has 0 amide bonds. The van der Waals surface area contributed by atoms with Crippen LogP contribution in [-0.4, -0.2) is 29.9 Å². The van der Waals surface area contributed by atoms with E-state index in [9.17, 15) is 0 Å². The molecule has 0 N–H and O–H groups in total. The van der Waals surface area contributed by atoms with Crippen LogP contribution in [0.3, 0.4) is 0 Å². The first-order valence-electron chi connectivity index (χ1n) is 42.3. The fraction of sp³-hybridized carbons (Fsp3) is 0. The van der Waals surface area contributed by atoms with Crippen molar-refractivity contribution in [2.45, 2.75) is 0 Å². The average Bonchev–Trinajstić information content (AvgIpc) is 1.47. The second-order valence-electron chi connectivity index (χ2n) is 31.7. The van der Waals surface area contributed by atoms with Crippen molar-refractivity contribution in [3.05, 3.63) is 425 Å². The number of furan rings is 3. The molecule has 0 atom stereocenters. The van der Waals surface area contributed by atoms with Gasteiger partial charge in [-0.15, -0.1) is 11.3 Å². The lowest BCUT2D eigenvalue weighted by Gasteiger charge is -2.15. The van der Waals surface area contributed by atoms with Crippen LogP contribution < -0.4 is 0 Å². The summed E-state index contributed by atoms with van der Waals surface area (Å²) in [7, 11) is 0. The van der Waals surface area contributed by atoms with Crippen molar-refractivity contribution in [1.82, 2.24) is 29.9 Å². The van der Waals surface area contributed by atoms with E-state index in [1.165, 1.54) is 96.3 Å². The smallest absolute Gasteiger partial charge is 0.164 e. The van der Waals surface area contributed by atoms with Gasteiger partial charge in [-0.05, 0) is 134 Å². The number of rotatable bonds is 7. The zero-order valence-corrected chi connectivity index (χ0v) is 68.5. The Morgan fingerprint density at radius 3 is 1.16 bits per heavy atom. The molecule has 126 heavy (non-hydrogen) atoms. The Kier molecular flexibility index (Phi) is 17.9. The van der Waals surface area contributed by atoms with E-state index in [2.05, 4.69) is 302 Å². The molecule has 0 aliphatic rings. The molecule has 588 valence electrons. The third kappa shape index (κ3) is 12.7. The number of para-hydroxylation sites is 6. The van der Waals surface area contributed by atoms with Crippen LogP contribution in [0.5, 0.6) is 0 Å². The van der Waals surface area contributed by atoms with Gasteiger partial charge in [0.2, 0.25) is 0 Å². The van der Waals surface area contributed by atoms with Crippen LogP contribution >= 0.6 is 11.3 Å². The number of aromatic nitrogens is 6. The molecule has 27 aromatic rings. The largest absolute Gasteiger partial charge is 0.456 e. The molecule has 19 aromatic carbocycles. The normalized spacial score (nSPS) is 11.7. The highest BCUT2D eigenvalue weighted by molar-refractivity contribution is 7.26. The van der Waals surface area contributed by atoms with Gasteiger partial charge >= 0.3 is 0 Å². The summed E-state index contributed by atoms with van der Waals surface area (Å²) >= 11 is 1.86. The minimum Gasteiger partial charge on any atom is -0.456 e. The maximum Gasteiger partial charge on any atom is 0.164 e. The number of fused-ring (bicyclic) bond motifs is 28. The SMILES string of the molecule is c1ccc(-c2cccc3c2cc(-c2ccccc2)c2ccc4oc5ccccc5c4c23)cc1.c1ccc(-c2nc(-c3ccccc3)nc(-c3ccc(-c4cc5oc6ccccc6c5c5c4cnc4ccccc45)cc3)n2)cc1.c1ccc(-c2nc3ccccc3c3c2ccc2oc4ccccc4c23)cc1.c1ccc2c(c1)ncc1ccc3sc4ccccc4c3c12. The number of thiophene rings is 1. The molecule has 27 rings (SSSR count). The quantitative estimate of drug-likeness (QED) is 0.144.